The highest BCUT2D eigenvalue weighted by Gasteiger charge is 2.15. The average Bonchev–Trinajstić information content (AvgIpc) is 3.00. The second kappa shape index (κ2) is 4.55. The highest BCUT2D eigenvalue weighted by Crippen LogP contribution is 2.34. The highest BCUT2D eigenvalue weighted by molar-refractivity contribution is 7.10. The number of hydrogen-bond donors (Lipinski definition) is 2. The van der Waals surface area contributed by atoms with E-state index in [0.29, 0.717) is 0 Å². The summed E-state index contributed by atoms with van der Waals surface area (Å²) in [7, 11) is 3.55. The van der Waals surface area contributed by atoms with Crippen LogP contribution < -0.4 is 10.1 Å². The van der Waals surface area contributed by atoms with Crippen LogP contribution in [0.4, 0.5) is 5.00 Å². The monoisotopic (exact) mass is 274 g/mol. The molecule has 0 radical (unpaired) electrons. The third-order valence-electron chi connectivity index (χ3n) is 3.02. The molecule has 0 amide bonds. The first kappa shape index (κ1) is 12.0. The fraction of sp³-hybridized carbons (Fsp3) is 0.231. The first-order chi connectivity index (χ1) is 9.22. The number of methoxy groups -OCH3 is 1. The molecule has 5 nitrogen and oxygen atoms in total. The Morgan fingerprint density at radius 2 is 2.21 bits per heavy atom. The average molecular weight is 274 g/mol. The predicted octanol–water partition coefficient (Wildman–Crippen LogP) is 3.05. The third kappa shape index (κ3) is 1.94. The molecule has 98 valence electrons. The van der Waals surface area contributed by atoms with Crippen molar-refractivity contribution in [3.8, 4) is 17.1 Å². The number of aromatic amines is 1. The van der Waals surface area contributed by atoms with Crippen molar-refractivity contribution >= 4 is 27.6 Å². The van der Waals surface area contributed by atoms with Gasteiger partial charge in [0.1, 0.15) is 16.6 Å². The smallest absolute Gasteiger partial charge is 0.143 e. The van der Waals surface area contributed by atoms with Crippen LogP contribution in [0, 0.1) is 6.92 Å². The normalized spacial score (nSPS) is 10.9. The minimum Gasteiger partial charge on any atom is -0.497 e. The largest absolute Gasteiger partial charge is 0.497 e. The van der Waals surface area contributed by atoms with Gasteiger partial charge in [0.15, 0.2) is 0 Å². The Balaban J connectivity index is 2.17. The van der Waals surface area contributed by atoms with E-state index in [1.54, 1.807) is 7.11 Å². The number of ether oxygens (including phenoxy) is 1. The van der Waals surface area contributed by atoms with Gasteiger partial charge in [0.2, 0.25) is 0 Å². The van der Waals surface area contributed by atoms with Gasteiger partial charge >= 0.3 is 0 Å². The van der Waals surface area contributed by atoms with E-state index in [1.165, 1.54) is 11.5 Å². The zero-order valence-corrected chi connectivity index (χ0v) is 11.8. The van der Waals surface area contributed by atoms with E-state index < -0.39 is 0 Å². The second-order valence-electron chi connectivity index (χ2n) is 4.19. The SMILES string of the molecule is CNc1snc(C)c1-c1nc2ccc(OC)cc2[nH]1. The highest BCUT2D eigenvalue weighted by atomic mass is 32.1. The first-order valence-corrected chi connectivity index (χ1v) is 6.68. The van der Waals surface area contributed by atoms with Gasteiger partial charge in [-0.3, -0.25) is 0 Å². The number of aryl methyl sites for hydroxylation is 1. The maximum Gasteiger partial charge on any atom is 0.143 e. The molecular formula is C13H14N4OS. The summed E-state index contributed by atoms with van der Waals surface area (Å²) in [5.74, 6) is 1.65. The standard InChI is InChI=1S/C13H14N4OS/c1-7-11(13(14-2)19-17-7)12-15-9-5-4-8(18-3)6-10(9)16-12/h4-6,14H,1-3H3,(H,15,16). The molecule has 3 aromatic rings. The van der Waals surface area contributed by atoms with Crippen molar-refractivity contribution in [1.82, 2.24) is 14.3 Å². The van der Waals surface area contributed by atoms with Crippen molar-refractivity contribution in [2.45, 2.75) is 6.92 Å². The van der Waals surface area contributed by atoms with Gasteiger partial charge in [-0.2, -0.15) is 4.37 Å². The summed E-state index contributed by atoms with van der Waals surface area (Å²) in [6.07, 6.45) is 0. The van der Waals surface area contributed by atoms with Gasteiger partial charge < -0.3 is 15.0 Å². The Kier molecular flexibility index (Phi) is 2.87. The number of hydrogen-bond acceptors (Lipinski definition) is 5. The van der Waals surface area contributed by atoms with Gasteiger partial charge in [-0.05, 0) is 30.6 Å². The van der Waals surface area contributed by atoms with Crippen LogP contribution in [0.5, 0.6) is 5.75 Å². The molecule has 0 saturated heterocycles. The van der Waals surface area contributed by atoms with Gasteiger partial charge in [0.25, 0.3) is 0 Å². The van der Waals surface area contributed by atoms with E-state index in [0.717, 1.165) is 38.9 Å². The van der Waals surface area contributed by atoms with Crippen molar-refractivity contribution in [2.75, 3.05) is 19.5 Å². The number of imidazole rings is 1. The molecule has 1 aromatic carbocycles. The summed E-state index contributed by atoms with van der Waals surface area (Å²) in [6, 6.07) is 5.80. The van der Waals surface area contributed by atoms with Gasteiger partial charge in [-0.25, -0.2) is 4.98 Å². The Bertz CT molecular complexity index is 731. The lowest BCUT2D eigenvalue weighted by atomic mass is 10.2. The van der Waals surface area contributed by atoms with Crippen LogP contribution in [0.2, 0.25) is 0 Å². The molecule has 2 aromatic heterocycles. The molecule has 0 unspecified atom stereocenters. The predicted molar refractivity (Wildman–Crippen MR) is 78.0 cm³/mol. The van der Waals surface area contributed by atoms with E-state index >= 15 is 0 Å². The number of benzene rings is 1. The Morgan fingerprint density at radius 1 is 1.37 bits per heavy atom. The van der Waals surface area contributed by atoms with E-state index in [1.807, 2.05) is 32.2 Å². The molecule has 0 bridgehead atoms. The molecule has 19 heavy (non-hydrogen) atoms. The fourth-order valence-corrected chi connectivity index (χ4v) is 2.80. The number of rotatable bonds is 3. The number of nitrogens with one attached hydrogen (secondary N) is 2. The molecule has 0 aliphatic rings. The summed E-state index contributed by atoms with van der Waals surface area (Å²) in [4.78, 5) is 7.94. The molecule has 0 aliphatic heterocycles. The van der Waals surface area contributed by atoms with Gasteiger partial charge in [0, 0.05) is 13.1 Å². The Morgan fingerprint density at radius 3 is 2.95 bits per heavy atom. The maximum absolute atomic E-state index is 5.22. The molecule has 2 heterocycles. The van der Waals surface area contributed by atoms with Crippen molar-refractivity contribution < 1.29 is 4.74 Å². The lowest BCUT2D eigenvalue weighted by molar-refractivity contribution is 0.415. The number of H-pyrrole nitrogens is 1. The molecule has 6 heteroatoms. The topological polar surface area (TPSA) is 62.8 Å². The van der Waals surface area contributed by atoms with Crippen LogP contribution in [0.3, 0.4) is 0 Å². The van der Waals surface area contributed by atoms with E-state index in [9.17, 15) is 0 Å². The summed E-state index contributed by atoms with van der Waals surface area (Å²) in [5, 5.41) is 4.17. The number of aromatic nitrogens is 3. The Labute approximate surface area is 114 Å². The maximum atomic E-state index is 5.22. The van der Waals surface area contributed by atoms with Crippen LogP contribution in [0.1, 0.15) is 5.69 Å². The number of fused-ring (bicyclic) bond motifs is 1. The van der Waals surface area contributed by atoms with Gasteiger partial charge in [0.05, 0.1) is 29.4 Å². The molecule has 2 N–H and O–H groups in total. The molecule has 0 saturated carbocycles. The number of nitrogens with zero attached hydrogens (tertiary/aromatic N) is 2. The van der Waals surface area contributed by atoms with E-state index in [4.69, 9.17) is 4.74 Å². The van der Waals surface area contributed by atoms with Crippen molar-refractivity contribution in [3.05, 3.63) is 23.9 Å². The molecular weight excluding hydrogens is 260 g/mol. The lowest BCUT2D eigenvalue weighted by Crippen LogP contribution is -1.89. The number of anilines is 1. The van der Waals surface area contributed by atoms with Crippen LogP contribution in [0.15, 0.2) is 18.2 Å². The first-order valence-electron chi connectivity index (χ1n) is 5.91. The van der Waals surface area contributed by atoms with Crippen LogP contribution in [-0.2, 0) is 0 Å². The summed E-state index contributed by atoms with van der Waals surface area (Å²) < 4.78 is 9.58. The zero-order chi connectivity index (χ0) is 13.4. The summed E-state index contributed by atoms with van der Waals surface area (Å²) >= 11 is 1.44. The zero-order valence-electron chi connectivity index (χ0n) is 10.9. The molecule has 0 aliphatic carbocycles. The third-order valence-corrected chi connectivity index (χ3v) is 3.97. The van der Waals surface area contributed by atoms with Crippen molar-refractivity contribution in [1.29, 1.82) is 0 Å². The van der Waals surface area contributed by atoms with Crippen LogP contribution in [0.25, 0.3) is 22.4 Å². The molecule has 3 rings (SSSR count). The van der Waals surface area contributed by atoms with Crippen molar-refractivity contribution in [2.24, 2.45) is 0 Å². The fourth-order valence-electron chi connectivity index (χ4n) is 2.05. The minimum atomic E-state index is 0.816. The molecule has 0 atom stereocenters. The molecule has 0 fully saturated rings. The minimum absolute atomic E-state index is 0.816. The quantitative estimate of drug-likeness (QED) is 0.770. The van der Waals surface area contributed by atoms with E-state index in [2.05, 4.69) is 19.7 Å². The van der Waals surface area contributed by atoms with Crippen LogP contribution >= 0.6 is 11.5 Å². The molecule has 0 spiro atoms. The van der Waals surface area contributed by atoms with Crippen molar-refractivity contribution in [3.63, 3.8) is 0 Å². The Hall–Kier alpha value is -2.08. The summed E-state index contributed by atoms with van der Waals surface area (Å²) in [6.45, 7) is 1.99. The van der Waals surface area contributed by atoms with Gasteiger partial charge in [-0.15, -0.1) is 0 Å². The second-order valence-corrected chi connectivity index (χ2v) is 4.96. The van der Waals surface area contributed by atoms with Crippen LogP contribution in [-0.4, -0.2) is 28.5 Å². The van der Waals surface area contributed by atoms with E-state index in [-0.39, 0.29) is 0 Å². The summed E-state index contributed by atoms with van der Waals surface area (Å²) in [5.41, 5.74) is 3.88. The van der Waals surface area contributed by atoms with Gasteiger partial charge in [-0.1, -0.05) is 0 Å². The lowest BCUT2D eigenvalue weighted by Gasteiger charge is -1.99.